The van der Waals surface area contributed by atoms with E-state index < -0.39 is 0 Å². The van der Waals surface area contributed by atoms with Crippen molar-refractivity contribution in [2.24, 2.45) is 5.92 Å². The third-order valence-corrected chi connectivity index (χ3v) is 3.16. The lowest BCUT2D eigenvalue weighted by Gasteiger charge is -2.17. The molecule has 0 aliphatic rings. The molecule has 94 valence electrons. The maximum atomic E-state index is 11.6. The molecule has 0 radical (unpaired) electrons. The second kappa shape index (κ2) is 6.64. The SMILES string of the molecule is CC(C)C(C)NC(=O)CNc1cccc(Br)c1. The lowest BCUT2D eigenvalue weighted by Crippen LogP contribution is -2.39. The third kappa shape index (κ3) is 5.22. The summed E-state index contributed by atoms with van der Waals surface area (Å²) in [6.07, 6.45) is 0. The molecule has 1 unspecified atom stereocenters. The maximum absolute atomic E-state index is 11.6. The molecule has 0 spiro atoms. The van der Waals surface area contributed by atoms with Gasteiger partial charge in [0.05, 0.1) is 6.54 Å². The predicted octanol–water partition coefficient (Wildman–Crippen LogP) is 3.02. The van der Waals surface area contributed by atoms with Crippen LogP contribution in [0.25, 0.3) is 0 Å². The molecule has 0 bridgehead atoms. The highest BCUT2D eigenvalue weighted by Gasteiger charge is 2.10. The zero-order valence-corrected chi connectivity index (χ0v) is 12.0. The molecule has 4 heteroatoms. The molecule has 0 saturated heterocycles. The summed E-state index contributed by atoms with van der Waals surface area (Å²) >= 11 is 3.39. The Bertz CT molecular complexity index is 379. The Balaban J connectivity index is 2.38. The van der Waals surface area contributed by atoms with Crippen molar-refractivity contribution in [1.82, 2.24) is 5.32 Å². The van der Waals surface area contributed by atoms with Crippen molar-refractivity contribution in [3.8, 4) is 0 Å². The van der Waals surface area contributed by atoms with Crippen LogP contribution in [0.15, 0.2) is 28.7 Å². The van der Waals surface area contributed by atoms with Crippen molar-refractivity contribution < 1.29 is 4.79 Å². The van der Waals surface area contributed by atoms with E-state index in [9.17, 15) is 4.79 Å². The van der Waals surface area contributed by atoms with Gasteiger partial charge in [0.2, 0.25) is 5.91 Å². The first-order chi connectivity index (χ1) is 7.99. The average Bonchev–Trinajstić information content (AvgIpc) is 2.26. The van der Waals surface area contributed by atoms with Crippen LogP contribution in [-0.4, -0.2) is 18.5 Å². The first kappa shape index (κ1) is 14.0. The number of hydrogen-bond donors (Lipinski definition) is 2. The Kier molecular flexibility index (Phi) is 5.48. The Hall–Kier alpha value is -1.03. The molecule has 1 atom stereocenters. The summed E-state index contributed by atoms with van der Waals surface area (Å²) in [6, 6.07) is 7.96. The molecule has 1 amide bonds. The fourth-order valence-corrected chi connectivity index (χ4v) is 1.65. The number of benzene rings is 1. The zero-order valence-electron chi connectivity index (χ0n) is 10.5. The van der Waals surface area contributed by atoms with E-state index in [1.165, 1.54) is 0 Å². The van der Waals surface area contributed by atoms with Crippen LogP contribution >= 0.6 is 15.9 Å². The van der Waals surface area contributed by atoms with Gasteiger partial charge in [-0.05, 0) is 31.0 Å². The monoisotopic (exact) mass is 298 g/mol. The predicted molar refractivity (Wildman–Crippen MR) is 75.1 cm³/mol. The number of nitrogens with one attached hydrogen (secondary N) is 2. The number of halogens is 1. The van der Waals surface area contributed by atoms with Gasteiger partial charge >= 0.3 is 0 Å². The van der Waals surface area contributed by atoms with Crippen molar-refractivity contribution in [3.63, 3.8) is 0 Å². The van der Waals surface area contributed by atoms with Crippen LogP contribution in [0.2, 0.25) is 0 Å². The highest BCUT2D eigenvalue weighted by molar-refractivity contribution is 9.10. The second-order valence-electron chi connectivity index (χ2n) is 4.46. The summed E-state index contributed by atoms with van der Waals surface area (Å²) in [5, 5.41) is 6.04. The summed E-state index contributed by atoms with van der Waals surface area (Å²) in [6.45, 7) is 6.49. The lowest BCUT2D eigenvalue weighted by atomic mass is 10.1. The standard InChI is InChI=1S/C13H19BrN2O/c1-9(2)10(3)16-13(17)8-15-12-6-4-5-11(14)7-12/h4-7,9-10,15H,8H2,1-3H3,(H,16,17). The number of rotatable bonds is 5. The summed E-state index contributed by atoms with van der Waals surface area (Å²) in [4.78, 5) is 11.6. The average molecular weight is 299 g/mol. The van der Waals surface area contributed by atoms with Crippen LogP contribution in [0.1, 0.15) is 20.8 Å². The highest BCUT2D eigenvalue weighted by Crippen LogP contribution is 2.15. The summed E-state index contributed by atoms with van der Waals surface area (Å²) < 4.78 is 0.999. The van der Waals surface area contributed by atoms with Crippen molar-refractivity contribution in [2.45, 2.75) is 26.8 Å². The molecule has 0 aromatic heterocycles. The highest BCUT2D eigenvalue weighted by atomic mass is 79.9. The Morgan fingerprint density at radius 2 is 2.06 bits per heavy atom. The van der Waals surface area contributed by atoms with Crippen LogP contribution in [0.4, 0.5) is 5.69 Å². The molecule has 1 aromatic rings. The maximum Gasteiger partial charge on any atom is 0.239 e. The Morgan fingerprint density at radius 3 is 2.65 bits per heavy atom. The third-order valence-electron chi connectivity index (χ3n) is 2.67. The van der Waals surface area contributed by atoms with Crippen molar-refractivity contribution in [1.29, 1.82) is 0 Å². The van der Waals surface area contributed by atoms with Gasteiger partial charge in [0, 0.05) is 16.2 Å². The number of carbonyl (C=O) groups excluding carboxylic acids is 1. The van der Waals surface area contributed by atoms with E-state index in [0.717, 1.165) is 10.2 Å². The van der Waals surface area contributed by atoms with E-state index >= 15 is 0 Å². The van der Waals surface area contributed by atoms with Gasteiger partial charge in [0.1, 0.15) is 0 Å². The minimum absolute atomic E-state index is 0.0196. The summed E-state index contributed by atoms with van der Waals surface area (Å²) in [7, 11) is 0. The summed E-state index contributed by atoms with van der Waals surface area (Å²) in [5.74, 6) is 0.469. The molecule has 0 heterocycles. The van der Waals surface area contributed by atoms with E-state index in [1.54, 1.807) is 0 Å². The molecule has 0 saturated carbocycles. The number of hydrogen-bond acceptors (Lipinski definition) is 2. The largest absolute Gasteiger partial charge is 0.376 e. The topological polar surface area (TPSA) is 41.1 Å². The van der Waals surface area contributed by atoms with Gasteiger partial charge in [-0.1, -0.05) is 35.8 Å². The van der Waals surface area contributed by atoms with E-state index in [2.05, 4.69) is 40.4 Å². The molecule has 1 aromatic carbocycles. The first-order valence-corrected chi connectivity index (χ1v) is 6.57. The van der Waals surface area contributed by atoms with Crippen LogP contribution in [0.3, 0.4) is 0 Å². The quantitative estimate of drug-likeness (QED) is 0.877. The van der Waals surface area contributed by atoms with Gasteiger partial charge in [-0.2, -0.15) is 0 Å². The molecule has 1 rings (SSSR count). The number of anilines is 1. The van der Waals surface area contributed by atoms with E-state index in [4.69, 9.17) is 0 Å². The summed E-state index contributed by atoms with van der Waals surface area (Å²) in [5.41, 5.74) is 0.937. The molecule has 3 nitrogen and oxygen atoms in total. The van der Waals surface area contributed by atoms with Gasteiger partial charge < -0.3 is 10.6 Å². The smallest absolute Gasteiger partial charge is 0.239 e. The molecular formula is C13H19BrN2O. The first-order valence-electron chi connectivity index (χ1n) is 5.78. The van der Waals surface area contributed by atoms with Crippen LogP contribution in [0.5, 0.6) is 0 Å². The Labute approximate surface area is 111 Å². The number of amides is 1. The van der Waals surface area contributed by atoms with Gasteiger partial charge in [-0.3, -0.25) is 4.79 Å². The minimum atomic E-state index is 0.0196. The normalized spacial score (nSPS) is 12.3. The fraction of sp³-hybridized carbons (Fsp3) is 0.462. The molecule has 17 heavy (non-hydrogen) atoms. The molecule has 2 N–H and O–H groups in total. The van der Waals surface area contributed by atoms with Crippen molar-refractivity contribution in [3.05, 3.63) is 28.7 Å². The molecule has 0 aliphatic carbocycles. The molecule has 0 fully saturated rings. The van der Waals surface area contributed by atoms with Gasteiger partial charge in [0.15, 0.2) is 0 Å². The fourth-order valence-electron chi connectivity index (χ4n) is 1.25. The van der Waals surface area contributed by atoms with Gasteiger partial charge in [-0.15, -0.1) is 0 Å². The van der Waals surface area contributed by atoms with E-state index in [0.29, 0.717) is 12.5 Å². The van der Waals surface area contributed by atoms with Crippen LogP contribution in [0, 0.1) is 5.92 Å². The molecular weight excluding hydrogens is 280 g/mol. The van der Waals surface area contributed by atoms with E-state index in [1.807, 2.05) is 31.2 Å². The van der Waals surface area contributed by atoms with Crippen LogP contribution < -0.4 is 10.6 Å². The molecule has 0 aliphatic heterocycles. The lowest BCUT2D eigenvalue weighted by molar-refractivity contribution is -0.120. The van der Waals surface area contributed by atoms with Gasteiger partial charge in [0.25, 0.3) is 0 Å². The second-order valence-corrected chi connectivity index (χ2v) is 5.38. The minimum Gasteiger partial charge on any atom is -0.376 e. The van der Waals surface area contributed by atoms with E-state index in [-0.39, 0.29) is 11.9 Å². The van der Waals surface area contributed by atoms with Crippen LogP contribution in [-0.2, 0) is 4.79 Å². The number of carbonyl (C=O) groups is 1. The van der Waals surface area contributed by atoms with Gasteiger partial charge in [-0.25, -0.2) is 0 Å². The zero-order chi connectivity index (χ0) is 12.8. The Morgan fingerprint density at radius 1 is 1.35 bits per heavy atom. The van der Waals surface area contributed by atoms with Crippen molar-refractivity contribution >= 4 is 27.5 Å². The van der Waals surface area contributed by atoms with Crippen molar-refractivity contribution in [2.75, 3.05) is 11.9 Å².